The normalized spacial score (nSPS) is 25.5. The first-order chi connectivity index (χ1) is 12.8. The fraction of sp³-hybridized carbons (Fsp3) is 0.412. The molecule has 0 saturated carbocycles. The molecule has 0 radical (unpaired) electrons. The van der Waals surface area contributed by atoms with Crippen LogP contribution in [0, 0.1) is 11.7 Å². The SMILES string of the molecule is Nc1nc(N2CCC3NNC(c4ccc(C(F)(F)F)cc4)C3C2)ncc1F. The summed E-state index contributed by atoms with van der Waals surface area (Å²) in [6, 6.07) is 5.19. The largest absolute Gasteiger partial charge is 0.416 e. The van der Waals surface area contributed by atoms with Crippen molar-refractivity contribution in [3.63, 3.8) is 0 Å². The van der Waals surface area contributed by atoms with E-state index in [0.29, 0.717) is 19.0 Å². The van der Waals surface area contributed by atoms with E-state index in [1.807, 2.05) is 4.90 Å². The number of nitrogen functional groups attached to an aromatic ring is 1. The molecular weight excluding hydrogens is 364 g/mol. The number of benzene rings is 1. The van der Waals surface area contributed by atoms with E-state index in [-0.39, 0.29) is 23.8 Å². The van der Waals surface area contributed by atoms with Crippen LogP contribution in [-0.4, -0.2) is 29.1 Å². The highest BCUT2D eigenvalue weighted by molar-refractivity contribution is 5.40. The van der Waals surface area contributed by atoms with Crippen molar-refractivity contribution in [3.8, 4) is 0 Å². The predicted molar refractivity (Wildman–Crippen MR) is 91.0 cm³/mol. The molecule has 6 nitrogen and oxygen atoms in total. The molecule has 4 N–H and O–H groups in total. The van der Waals surface area contributed by atoms with Crippen LogP contribution in [0.25, 0.3) is 0 Å². The van der Waals surface area contributed by atoms with Crippen molar-refractivity contribution in [1.29, 1.82) is 0 Å². The van der Waals surface area contributed by atoms with E-state index >= 15 is 0 Å². The topological polar surface area (TPSA) is 79.1 Å². The average molecular weight is 382 g/mol. The molecule has 0 spiro atoms. The molecule has 3 atom stereocenters. The third kappa shape index (κ3) is 3.42. The fourth-order valence-electron chi connectivity index (χ4n) is 3.72. The monoisotopic (exact) mass is 382 g/mol. The Kier molecular flexibility index (Phi) is 4.39. The summed E-state index contributed by atoms with van der Waals surface area (Å²) >= 11 is 0. The number of hydrazine groups is 1. The third-order valence-corrected chi connectivity index (χ3v) is 5.15. The van der Waals surface area contributed by atoms with E-state index in [4.69, 9.17) is 5.73 Å². The molecule has 2 saturated heterocycles. The van der Waals surface area contributed by atoms with Gasteiger partial charge in [0.15, 0.2) is 11.6 Å². The van der Waals surface area contributed by atoms with E-state index in [2.05, 4.69) is 20.8 Å². The van der Waals surface area contributed by atoms with Gasteiger partial charge in [-0.3, -0.25) is 5.43 Å². The molecule has 0 amide bonds. The van der Waals surface area contributed by atoms with Crippen molar-refractivity contribution in [2.45, 2.75) is 24.7 Å². The lowest BCUT2D eigenvalue weighted by Gasteiger charge is -2.36. The summed E-state index contributed by atoms with van der Waals surface area (Å²) in [6.45, 7) is 1.24. The summed E-state index contributed by atoms with van der Waals surface area (Å²) < 4.78 is 51.7. The Labute approximate surface area is 152 Å². The first-order valence-electron chi connectivity index (χ1n) is 8.54. The summed E-state index contributed by atoms with van der Waals surface area (Å²) in [7, 11) is 0. The fourth-order valence-corrected chi connectivity index (χ4v) is 3.72. The molecule has 3 unspecified atom stereocenters. The lowest BCUT2D eigenvalue weighted by atomic mass is 9.85. The Morgan fingerprint density at radius 2 is 1.89 bits per heavy atom. The molecule has 10 heteroatoms. The van der Waals surface area contributed by atoms with Crippen molar-refractivity contribution < 1.29 is 17.6 Å². The van der Waals surface area contributed by atoms with Crippen LogP contribution in [0.3, 0.4) is 0 Å². The Balaban J connectivity index is 1.54. The van der Waals surface area contributed by atoms with Crippen molar-refractivity contribution in [2.75, 3.05) is 23.7 Å². The second-order valence-electron chi connectivity index (χ2n) is 6.79. The summed E-state index contributed by atoms with van der Waals surface area (Å²) in [5.74, 6) is -0.430. The number of halogens is 4. The number of anilines is 2. The van der Waals surface area contributed by atoms with Gasteiger partial charge in [-0.05, 0) is 24.1 Å². The number of nitrogens with one attached hydrogen (secondary N) is 2. The van der Waals surface area contributed by atoms with Crippen molar-refractivity contribution >= 4 is 11.8 Å². The Hall–Kier alpha value is -2.46. The van der Waals surface area contributed by atoms with Crippen molar-refractivity contribution in [3.05, 3.63) is 47.4 Å². The predicted octanol–water partition coefficient (Wildman–Crippen LogP) is 2.26. The van der Waals surface area contributed by atoms with Gasteiger partial charge in [0, 0.05) is 25.0 Å². The Bertz CT molecular complexity index is 825. The van der Waals surface area contributed by atoms with E-state index in [9.17, 15) is 17.6 Å². The number of hydrogen-bond acceptors (Lipinski definition) is 6. The summed E-state index contributed by atoms with van der Waals surface area (Å²) in [5, 5.41) is 0. The van der Waals surface area contributed by atoms with Crippen LogP contribution >= 0.6 is 0 Å². The van der Waals surface area contributed by atoms with Crippen LogP contribution in [0.15, 0.2) is 30.5 Å². The van der Waals surface area contributed by atoms with Gasteiger partial charge in [0.05, 0.1) is 17.8 Å². The van der Waals surface area contributed by atoms with Crippen LogP contribution in [0.4, 0.5) is 29.3 Å². The van der Waals surface area contributed by atoms with Gasteiger partial charge in [-0.2, -0.15) is 18.2 Å². The van der Waals surface area contributed by atoms with Gasteiger partial charge in [0.1, 0.15) is 0 Å². The number of piperidine rings is 1. The zero-order valence-corrected chi connectivity index (χ0v) is 14.2. The summed E-state index contributed by atoms with van der Waals surface area (Å²) in [5.41, 5.74) is 12.0. The van der Waals surface area contributed by atoms with E-state index in [1.165, 1.54) is 12.1 Å². The first-order valence-corrected chi connectivity index (χ1v) is 8.54. The maximum atomic E-state index is 13.3. The standard InChI is InChI=1S/C17H18F4N6/c18-12-7-23-16(24-15(12)22)27-6-5-13-11(8-27)14(26-25-13)9-1-3-10(4-2-9)17(19,20)21/h1-4,7,11,13-14,25-26H,5-6,8H2,(H2,22,23,24). The molecule has 3 heterocycles. The van der Waals surface area contributed by atoms with Crippen LogP contribution in [0.2, 0.25) is 0 Å². The number of aromatic nitrogens is 2. The Morgan fingerprint density at radius 3 is 2.56 bits per heavy atom. The van der Waals surface area contributed by atoms with Crippen LogP contribution in [0.1, 0.15) is 23.6 Å². The molecule has 0 aliphatic carbocycles. The average Bonchev–Trinajstić information content (AvgIpc) is 3.06. The first kappa shape index (κ1) is 17.9. The van der Waals surface area contributed by atoms with Crippen LogP contribution < -0.4 is 21.5 Å². The second-order valence-corrected chi connectivity index (χ2v) is 6.79. The van der Waals surface area contributed by atoms with Gasteiger partial charge in [-0.1, -0.05) is 12.1 Å². The van der Waals surface area contributed by atoms with E-state index < -0.39 is 17.6 Å². The molecule has 2 aliphatic heterocycles. The van der Waals surface area contributed by atoms with Crippen molar-refractivity contribution in [1.82, 2.24) is 20.8 Å². The zero-order valence-electron chi connectivity index (χ0n) is 14.2. The lowest BCUT2D eigenvalue weighted by molar-refractivity contribution is -0.137. The molecule has 2 aromatic rings. The van der Waals surface area contributed by atoms with Gasteiger partial charge < -0.3 is 10.6 Å². The molecule has 0 bridgehead atoms. The van der Waals surface area contributed by atoms with Gasteiger partial charge in [0.2, 0.25) is 5.95 Å². The quantitative estimate of drug-likeness (QED) is 0.692. The zero-order chi connectivity index (χ0) is 19.2. The number of rotatable bonds is 2. The number of hydrogen-bond donors (Lipinski definition) is 3. The minimum atomic E-state index is -4.36. The number of nitrogens with two attached hydrogens (primary N) is 1. The molecule has 27 heavy (non-hydrogen) atoms. The van der Waals surface area contributed by atoms with Gasteiger partial charge in [-0.25, -0.2) is 14.8 Å². The van der Waals surface area contributed by atoms with Gasteiger partial charge >= 0.3 is 6.18 Å². The number of alkyl halides is 3. The smallest absolute Gasteiger partial charge is 0.381 e. The van der Waals surface area contributed by atoms with E-state index in [0.717, 1.165) is 30.3 Å². The molecule has 1 aromatic heterocycles. The molecule has 4 rings (SSSR count). The van der Waals surface area contributed by atoms with Crippen LogP contribution in [0.5, 0.6) is 0 Å². The maximum absolute atomic E-state index is 13.3. The third-order valence-electron chi connectivity index (χ3n) is 5.15. The molecule has 144 valence electrons. The highest BCUT2D eigenvalue weighted by atomic mass is 19.4. The molecule has 2 fully saturated rings. The number of nitrogens with zero attached hydrogens (tertiary/aromatic N) is 3. The minimum absolute atomic E-state index is 0.0883. The van der Waals surface area contributed by atoms with Gasteiger partial charge in [0.25, 0.3) is 0 Å². The summed E-state index contributed by atoms with van der Waals surface area (Å²) in [4.78, 5) is 9.93. The Morgan fingerprint density at radius 1 is 1.15 bits per heavy atom. The number of fused-ring (bicyclic) bond motifs is 1. The molecule has 1 aromatic carbocycles. The second kappa shape index (κ2) is 6.61. The molecular formula is C17H18F4N6. The summed E-state index contributed by atoms with van der Waals surface area (Å²) in [6.07, 6.45) is -2.53. The van der Waals surface area contributed by atoms with E-state index in [1.54, 1.807) is 0 Å². The highest BCUT2D eigenvalue weighted by Crippen LogP contribution is 2.36. The lowest BCUT2D eigenvalue weighted by Crippen LogP contribution is -2.46. The van der Waals surface area contributed by atoms with Gasteiger partial charge in [-0.15, -0.1) is 0 Å². The van der Waals surface area contributed by atoms with Crippen LogP contribution in [-0.2, 0) is 6.18 Å². The van der Waals surface area contributed by atoms with Crippen molar-refractivity contribution in [2.24, 2.45) is 5.92 Å². The minimum Gasteiger partial charge on any atom is -0.381 e. The highest BCUT2D eigenvalue weighted by Gasteiger charge is 2.41. The molecule has 2 aliphatic rings. The maximum Gasteiger partial charge on any atom is 0.416 e.